The molecule has 0 aliphatic carbocycles. The van der Waals surface area contributed by atoms with Gasteiger partial charge in [-0.15, -0.1) is 0 Å². The Morgan fingerprint density at radius 2 is 2.04 bits per heavy atom. The highest BCUT2D eigenvalue weighted by Gasteiger charge is 2.27. The van der Waals surface area contributed by atoms with Crippen LogP contribution in [0.4, 0.5) is 13.2 Å². The number of hydrogen-bond donors (Lipinski definition) is 2. The lowest BCUT2D eigenvalue weighted by Crippen LogP contribution is -2.42. The minimum atomic E-state index is -4.28. The topological polar surface area (TPSA) is 54.9 Å². The molecule has 0 aliphatic heterocycles. The first-order valence-corrected chi connectivity index (χ1v) is 8.12. The van der Waals surface area contributed by atoms with Crippen molar-refractivity contribution in [1.29, 1.82) is 0 Å². The molecule has 1 atom stereocenters. The standard InChI is InChI=1S/C17H26F3N3O2/c1-13-6-4-7-15(10-13)25-14(2)11-23-16(21-3)22-8-5-9-24-12-17(18,19)20/h4,6-7,10,14H,5,8-9,11-12H2,1-3H3,(H2,21,22,23). The van der Waals surface area contributed by atoms with Gasteiger partial charge in [-0.2, -0.15) is 13.2 Å². The molecular formula is C17H26F3N3O2. The molecule has 0 radical (unpaired) electrons. The van der Waals surface area contributed by atoms with Crippen LogP contribution in [0.2, 0.25) is 0 Å². The van der Waals surface area contributed by atoms with E-state index in [1.165, 1.54) is 0 Å². The second kappa shape index (κ2) is 10.8. The fraction of sp³-hybridized carbons (Fsp3) is 0.588. The average molecular weight is 361 g/mol. The van der Waals surface area contributed by atoms with E-state index < -0.39 is 12.8 Å². The van der Waals surface area contributed by atoms with Crippen LogP contribution < -0.4 is 15.4 Å². The van der Waals surface area contributed by atoms with Gasteiger partial charge in [0.25, 0.3) is 0 Å². The van der Waals surface area contributed by atoms with Crippen molar-refractivity contribution in [2.75, 3.05) is 33.4 Å². The van der Waals surface area contributed by atoms with Crippen LogP contribution in [0.15, 0.2) is 29.3 Å². The van der Waals surface area contributed by atoms with Crippen molar-refractivity contribution < 1.29 is 22.6 Å². The second-order valence-corrected chi connectivity index (χ2v) is 5.65. The molecule has 5 nitrogen and oxygen atoms in total. The summed E-state index contributed by atoms with van der Waals surface area (Å²) in [6, 6.07) is 7.80. The third-order valence-corrected chi connectivity index (χ3v) is 3.13. The summed E-state index contributed by atoms with van der Waals surface area (Å²) >= 11 is 0. The Morgan fingerprint density at radius 1 is 1.28 bits per heavy atom. The normalized spacial score (nSPS) is 13.4. The average Bonchev–Trinajstić information content (AvgIpc) is 2.52. The van der Waals surface area contributed by atoms with Gasteiger partial charge in [0.05, 0.1) is 6.54 Å². The van der Waals surface area contributed by atoms with E-state index in [1.807, 2.05) is 38.1 Å². The fourth-order valence-corrected chi connectivity index (χ4v) is 1.99. The third kappa shape index (κ3) is 10.5. The molecule has 0 fully saturated rings. The molecule has 0 saturated carbocycles. The zero-order valence-corrected chi connectivity index (χ0v) is 14.8. The third-order valence-electron chi connectivity index (χ3n) is 3.13. The van der Waals surface area contributed by atoms with Crippen LogP contribution in [-0.2, 0) is 4.74 Å². The molecule has 2 N–H and O–H groups in total. The van der Waals surface area contributed by atoms with Gasteiger partial charge < -0.3 is 20.1 Å². The van der Waals surface area contributed by atoms with Crippen molar-refractivity contribution in [2.45, 2.75) is 32.5 Å². The largest absolute Gasteiger partial charge is 0.489 e. The number of aryl methyl sites for hydroxylation is 1. The molecule has 0 amide bonds. The maximum Gasteiger partial charge on any atom is 0.411 e. The lowest BCUT2D eigenvalue weighted by atomic mass is 10.2. The van der Waals surface area contributed by atoms with Crippen LogP contribution in [0.25, 0.3) is 0 Å². The first-order chi connectivity index (χ1) is 11.8. The van der Waals surface area contributed by atoms with Gasteiger partial charge in [0.1, 0.15) is 18.5 Å². The number of rotatable bonds is 9. The number of benzene rings is 1. The summed E-state index contributed by atoms with van der Waals surface area (Å²) in [6.07, 6.45) is -3.90. The van der Waals surface area contributed by atoms with E-state index in [1.54, 1.807) is 7.05 Å². The van der Waals surface area contributed by atoms with Gasteiger partial charge >= 0.3 is 6.18 Å². The molecule has 8 heteroatoms. The smallest absolute Gasteiger partial charge is 0.411 e. The van der Waals surface area contributed by atoms with Gasteiger partial charge in [0.15, 0.2) is 5.96 Å². The Bertz CT molecular complexity index is 536. The van der Waals surface area contributed by atoms with E-state index in [2.05, 4.69) is 20.4 Å². The number of hydrogen-bond acceptors (Lipinski definition) is 3. The maximum absolute atomic E-state index is 11.9. The van der Waals surface area contributed by atoms with Crippen molar-refractivity contribution in [1.82, 2.24) is 10.6 Å². The van der Waals surface area contributed by atoms with Gasteiger partial charge in [-0.3, -0.25) is 4.99 Å². The van der Waals surface area contributed by atoms with Gasteiger partial charge in [-0.25, -0.2) is 0 Å². The first kappa shape index (κ1) is 21.1. The van der Waals surface area contributed by atoms with E-state index in [4.69, 9.17) is 4.74 Å². The van der Waals surface area contributed by atoms with Gasteiger partial charge in [-0.05, 0) is 38.0 Å². The SMILES string of the molecule is CN=C(NCCCOCC(F)(F)F)NCC(C)Oc1cccc(C)c1. The lowest BCUT2D eigenvalue weighted by molar-refractivity contribution is -0.173. The summed E-state index contributed by atoms with van der Waals surface area (Å²) in [5, 5.41) is 6.13. The second-order valence-electron chi connectivity index (χ2n) is 5.65. The van der Waals surface area contributed by atoms with Crippen molar-refractivity contribution in [3.8, 4) is 5.75 Å². The molecule has 25 heavy (non-hydrogen) atoms. The minimum absolute atomic E-state index is 0.0381. The van der Waals surface area contributed by atoms with Crippen molar-refractivity contribution in [3.63, 3.8) is 0 Å². The molecule has 0 aromatic heterocycles. The summed E-state index contributed by atoms with van der Waals surface area (Å²) in [5.74, 6) is 1.37. The molecule has 1 aromatic rings. The molecule has 1 aromatic carbocycles. The number of nitrogens with zero attached hydrogens (tertiary/aromatic N) is 1. The van der Waals surface area contributed by atoms with Gasteiger partial charge in [0.2, 0.25) is 0 Å². The fourth-order valence-electron chi connectivity index (χ4n) is 1.99. The van der Waals surface area contributed by atoms with Crippen LogP contribution in [0.1, 0.15) is 18.9 Å². The van der Waals surface area contributed by atoms with Crippen LogP contribution in [0.3, 0.4) is 0 Å². The molecule has 1 rings (SSSR count). The quantitative estimate of drug-likeness (QED) is 0.403. The molecular weight excluding hydrogens is 335 g/mol. The zero-order chi connectivity index (χ0) is 18.7. The predicted octanol–water partition coefficient (Wildman–Crippen LogP) is 2.90. The molecule has 0 aliphatic rings. The van der Waals surface area contributed by atoms with E-state index in [0.717, 1.165) is 11.3 Å². The monoisotopic (exact) mass is 361 g/mol. The summed E-state index contributed by atoms with van der Waals surface area (Å²) in [5.41, 5.74) is 1.13. The minimum Gasteiger partial charge on any atom is -0.489 e. The summed E-state index contributed by atoms with van der Waals surface area (Å²) in [7, 11) is 1.63. The van der Waals surface area contributed by atoms with Gasteiger partial charge in [-0.1, -0.05) is 12.1 Å². The zero-order valence-electron chi connectivity index (χ0n) is 14.8. The summed E-state index contributed by atoms with van der Waals surface area (Å²) < 4.78 is 46.1. The van der Waals surface area contributed by atoms with Crippen molar-refractivity contribution in [2.24, 2.45) is 4.99 Å². The number of alkyl halides is 3. The Hall–Kier alpha value is -1.96. The summed E-state index contributed by atoms with van der Waals surface area (Å²) in [4.78, 5) is 4.06. The highest BCUT2D eigenvalue weighted by atomic mass is 19.4. The van der Waals surface area contributed by atoms with Gasteiger partial charge in [0, 0.05) is 20.2 Å². The molecule has 1 unspecified atom stereocenters. The first-order valence-electron chi connectivity index (χ1n) is 8.12. The number of ether oxygens (including phenoxy) is 2. The van der Waals surface area contributed by atoms with Crippen LogP contribution in [-0.4, -0.2) is 51.6 Å². The van der Waals surface area contributed by atoms with E-state index in [0.29, 0.717) is 25.5 Å². The predicted molar refractivity (Wildman–Crippen MR) is 92.1 cm³/mol. The molecule has 0 saturated heterocycles. The Balaban J connectivity index is 2.19. The number of halogens is 3. The van der Waals surface area contributed by atoms with Crippen molar-refractivity contribution >= 4 is 5.96 Å². The Morgan fingerprint density at radius 3 is 2.68 bits per heavy atom. The molecule has 0 spiro atoms. The van der Waals surface area contributed by atoms with Crippen molar-refractivity contribution in [3.05, 3.63) is 29.8 Å². The van der Waals surface area contributed by atoms with Crippen LogP contribution in [0, 0.1) is 6.92 Å². The highest BCUT2D eigenvalue weighted by Crippen LogP contribution is 2.14. The Labute approximate surface area is 146 Å². The lowest BCUT2D eigenvalue weighted by Gasteiger charge is -2.18. The number of aliphatic imine (C=N–C) groups is 1. The van der Waals surface area contributed by atoms with Crippen LogP contribution in [0.5, 0.6) is 5.75 Å². The summed E-state index contributed by atoms with van der Waals surface area (Å²) in [6.45, 7) is 3.76. The van der Waals surface area contributed by atoms with Crippen LogP contribution >= 0.6 is 0 Å². The number of guanidine groups is 1. The van der Waals surface area contributed by atoms with E-state index in [9.17, 15) is 13.2 Å². The Kier molecular flexibility index (Phi) is 9.12. The molecule has 0 heterocycles. The number of nitrogens with one attached hydrogen (secondary N) is 2. The molecule has 142 valence electrons. The van der Waals surface area contributed by atoms with E-state index in [-0.39, 0.29) is 12.7 Å². The molecule has 0 bridgehead atoms. The van der Waals surface area contributed by atoms with E-state index >= 15 is 0 Å². The highest BCUT2D eigenvalue weighted by molar-refractivity contribution is 5.79. The maximum atomic E-state index is 11.9.